The summed E-state index contributed by atoms with van der Waals surface area (Å²) in [4.78, 5) is 0. The van der Waals surface area contributed by atoms with Crippen molar-refractivity contribution >= 4 is 15.9 Å². The molecule has 5 heteroatoms. The lowest BCUT2D eigenvalue weighted by atomic mass is 10.1. The second-order valence-corrected chi connectivity index (χ2v) is 3.81. The number of aryl methyl sites for hydroxylation is 1. The molecule has 0 saturated carbocycles. The van der Waals surface area contributed by atoms with E-state index in [9.17, 15) is 5.11 Å². The molecule has 74 valence electrons. The fraction of sp³-hybridized carbons (Fsp3) is 0.222. The van der Waals surface area contributed by atoms with Crippen molar-refractivity contribution < 1.29 is 9.52 Å². The molecule has 1 unspecified atom stereocenters. The van der Waals surface area contributed by atoms with Crippen LogP contribution >= 0.6 is 15.9 Å². The number of furan rings is 1. The first-order valence-electron chi connectivity index (χ1n) is 4.07. The highest BCUT2D eigenvalue weighted by Gasteiger charge is 2.18. The maximum Gasteiger partial charge on any atom is 0.125 e. The molecule has 2 heterocycles. The van der Waals surface area contributed by atoms with Crippen molar-refractivity contribution in [3.63, 3.8) is 0 Å². The zero-order chi connectivity index (χ0) is 10.1. The Hall–Kier alpha value is -1.07. The first kappa shape index (κ1) is 9.48. The molecule has 0 fully saturated rings. The zero-order valence-corrected chi connectivity index (χ0v) is 9.10. The summed E-state index contributed by atoms with van der Waals surface area (Å²) in [5.74, 6) is 0. The van der Waals surface area contributed by atoms with Gasteiger partial charge in [-0.05, 0) is 22.0 Å². The number of halogens is 1. The predicted octanol–water partition coefficient (Wildman–Crippen LogP) is 1.86. The second kappa shape index (κ2) is 3.59. The second-order valence-electron chi connectivity index (χ2n) is 2.96. The number of nitrogens with zero attached hydrogens (tertiary/aromatic N) is 2. The first-order chi connectivity index (χ1) is 6.70. The van der Waals surface area contributed by atoms with Gasteiger partial charge >= 0.3 is 0 Å². The van der Waals surface area contributed by atoms with Gasteiger partial charge in [-0.1, -0.05) is 0 Å². The highest BCUT2D eigenvalue weighted by atomic mass is 79.9. The molecule has 2 aromatic heterocycles. The predicted molar refractivity (Wildman–Crippen MR) is 53.7 cm³/mol. The normalized spacial score (nSPS) is 13.1. The first-order valence-corrected chi connectivity index (χ1v) is 4.87. The Morgan fingerprint density at radius 2 is 2.43 bits per heavy atom. The topological polar surface area (TPSA) is 51.2 Å². The van der Waals surface area contributed by atoms with Crippen LogP contribution in [0.4, 0.5) is 0 Å². The van der Waals surface area contributed by atoms with Gasteiger partial charge in [-0.25, -0.2) is 0 Å². The minimum absolute atomic E-state index is 0.712. The van der Waals surface area contributed by atoms with Crippen LogP contribution in [0.15, 0.2) is 33.7 Å². The summed E-state index contributed by atoms with van der Waals surface area (Å²) in [5, 5.41) is 14.0. The highest BCUT2D eigenvalue weighted by Crippen LogP contribution is 2.27. The van der Waals surface area contributed by atoms with E-state index in [-0.39, 0.29) is 0 Å². The lowest BCUT2D eigenvalue weighted by molar-refractivity contribution is 0.208. The van der Waals surface area contributed by atoms with Gasteiger partial charge in [-0.2, -0.15) is 5.10 Å². The molecule has 1 N–H and O–H groups in total. The summed E-state index contributed by atoms with van der Waals surface area (Å²) >= 11 is 3.33. The molecule has 0 aliphatic carbocycles. The fourth-order valence-corrected chi connectivity index (χ4v) is 1.88. The number of hydrogen-bond acceptors (Lipinski definition) is 3. The molecule has 0 aliphatic rings. The number of rotatable bonds is 2. The van der Waals surface area contributed by atoms with E-state index < -0.39 is 6.10 Å². The van der Waals surface area contributed by atoms with E-state index in [1.165, 1.54) is 12.5 Å². The third-order valence-corrected chi connectivity index (χ3v) is 2.67. The van der Waals surface area contributed by atoms with Gasteiger partial charge in [0.25, 0.3) is 0 Å². The van der Waals surface area contributed by atoms with Gasteiger partial charge in [0.15, 0.2) is 0 Å². The number of hydrogen-bond donors (Lipinski definition) is 1. The number of aliphatic hydroxyl groups is 1. The molecule has 4 nitrogen and oxygen atoms in total. The van der Waals surface area contributed by atoms with Crippen LogP contribution in [0.2, 0.25) is 0 Å². The zero-order valence-electron chi connectivity index (χ0n) is 7.51. The van der Waals surface area contributed by atoms with Crippen molar-refractivity contribution in [2.75, 3.05) is 0 Å². The van der Waals surface area contributed by atoms with E-state index in [4.69, 9.17) is 4.42 Å². The fourth-order valence-electron chi connectivity index (χ4n) is 1.32. The SMILES string of the molecule is Cn1ncc(Br)c1C(O)c1ccoc1. The molecule has 0 radical (unpaired) electrons. The molecule has 0 spiro atoms. The van der Waals surface area contributed by atoms with E-state index in [0.29, 0.717) is 11.3 Å². The standard InChI is InChI=1S/C9H9BrN2O2/c1-12-8(7(10)4-11-12)9(13)6-2-3-14-5-6/h2-5,9,13H,1H3. The van der Waals surface area contributed by atoms with E-state index in [0.717, 1.165) is 4.47 Å². The maximum absolute atomic E-state index is 9.98. The minimum atomic E-state index is -0.712. The van der Waals surface area contributed by atoms with Crippen LogP contribution in [-0.4, -0.2) is 14.9 Å². The van der Waals surface area contributed by atoms with Crippen LogP contribution in [0.25, 0.3) is 0 Å². The Kier molecular flexibility index (Phi) is 2.43. The largest absolute Gasteiger partial charge is 0.472 e. The Morgan fingerprint density at radius 3 is 2.93 bits per heavy atom. The summed E-state index contributed by atoms with van der Waals surface area (Å²) in [5.41, 5.74) is 1.43. The minimum Gasteiger partial charge on any atom is -0.472 e. The van der Waals surface area contributed by atoms with Crippen LogP contribution in [0.5, 0.6) is 0 Å². The average Bonchev–Trinajstić information content (AvgIpc) is 2.75. The quantitative estimate of drug-likeness (QED) is 0.893. The van der Waals surface area contributed by atoms with E-state index >= 15 is 0 Å². The lowest BCUT2D eigenvalue weighted by Gasteiger charge is -2.09. The maximum atomic E-state index is 9.98. The smallest absolute Gasteiger partial charge is 0.125 e. The molecule has 14 heavy (non-hydrogen) atoms. The molecular formula is C9H9BrN2O2. The van der Waals surface area contributed by atoms with Crippen molar-refractivity contribution in [1.29, 1.82) is 0 Å². The van der Waals surface area contributed by atoms with Crippen molar-refractivity contribution in [2.45, 2.75) is 6.10 Å². The summed E-state index contributed by atoms with van der Waals surface area (Å²) in [6.45, 7) is 0. The molecule has 0 bridgehead atoms. The number of aromatic nitrogens is 2. The molecule has 0 amide bonds. The van der Waals surface area contributed by atoms with Crippen molar-refractivity contribution in [2.24, 2.45) is 7.05 Å². The van der Waals surface area contributed by atoms with Crippen LogP contribution in [0, 0.1) is 0 Å². The van der Waals surface area contributed by atoms with Gasteiger partial charge in [0.1, 0.15) is 6.10 Å². The monoisotopic (exact) mass is 256 g/mol. The molecular weight excluding hydrogens is 248 g/mol. The van der Waals surface area contributed by atoms with Gasteiger partial charge in [0, 0.05) is 12.6 Å². The van der Waals surface area contributed by atoms with Gasteiger partial charge in [-0.15, -0.1) is 0 Å². The molecule has 2 rings (SSSR count). The van der Waals surface area contributed by atoms with Crippen molar-refractivity contribution in [3.05, 3.63) is 40.5 Å². The van der Waals surface area contributed by atoms with Crippen LogP contribution in [-0.2, 0) is 7.05 Å². The van der Waals surface area contributed by atoms with Gasteiger partial charge in [-0.3, -0.25) is 4.68 Å². The Bertz CT molecular complexity index is 402. The summed E-state index contributed by atoms with van der Waals surface area (Å²) < 4.78 is 7.32. The number of aliphatic hydroxyl groups excluding tert-OH is 1. The Balaban J connectivity index is 2.41. The van der Waals surface area contributed by atoms with E-state index in [2.05, 4.69) is 21.0 Å². The lowest BCUT2D eigenvalue weighted by Crippen LogP contribution is -2.06. The third-order valence-electron chi connectivity index (χ3n) is 2.06. The van der Waals surface area contributed by atoms with Gasteiger partial charge in [0.2, 0.25) is 0 Å². The molecule has 0 saturated heterocycles. The van der Waals surface area contributed by atoms with Gasteiger partial charge < -0.3 is 9.52 Å². The van der Waals surface area contributed by atoms with Crippen LogP contribution in [0.1, 0.15) is 17.4 Å². The molecule has 2 aromatic rings. The van der Waals surface area contributed by atoms with Crippen LogP contribution in [0.3, 0.4) is 0 Å². The average molecular weight is 257 g/mol. The highest BCUT2D eigenvalue weighted by molar-refractivity contribution is 9.10. The summed E-state index contributed by atoms with van der Waals surface area (Å²) in [6.07, 6.45) is 3.99. The molecule has 0 aliphatic heterocycles. The summed E-state index contributed by atoms with van der Waals surface area (Å²) in [6, 6.07) is 1.73. The van der Waals surface area contributed by atoms with E-state index in [1.807, 2.05) is 0 Å². The van der Waals surface area contributed by atoms with Crippen molar-refractivity contribution in [1.82, 2.24) is 9.78 Å². The summed E-state index contributed by atoms with van der Waals surface area (Å²) in [7, 11) is 1.78. The van der Waals surface area contributed by atoms with E-state index in [1.54, 1.807) is 24.0 Å². The molecule has 1 atom stereocenters. The van der Waals surface area contributed by atoms with Crippen LogP contribution < -0.4 is 0 Å². The Labute approximate surface area is 89.3 Å². The Morgan fingerprint density at radius 1 is 1.64 bits per heavy atom. The third kappa shape index (κ3) is 1.49. The van der Waals surface area contributed by atoms with Crippen molar-refractivity contribution in [3.8, 4) is 0 Å². The molecule has 0 aromatic carbocycles. The van der Waals surface area contributed by atoms with Gasteiger partial charge in [0.05, 0.1) is 28.9 Å².